The first-order valence-electron chi connectivity index (χ1n) is 6.55. The summed E-state index contributed by atoms with van der Waals surface area (Å²) in [7, 11) is 0. The molecule has 0 saturated heterocycles. The van der Waals surface area contributed by atoms with E-state index in [2.05, 4.69) is 15.5 Å². The fraction of sp³-hybridized carbons (Fsp3) is 0.429. The molecule has 1 aliphatic carbocycles. The van der Waals surface area contributed by atoms with E-state index in [1.165, 1.54) is 12.8 Å². The molecule has 2 aromatic rings. The van der Waals surface area contributed by atoms with Crippen LogP contribution in [0.1, 0.15) is 24.3 Å². The second kappa shape index (κ2) is 5.09. The van der Waals surface area contributed by atoms with Gasteiger partial charge in [-0.15, -0.1) is 10.2 Å². The molecule has 1 N–H and O–H groups in total. The molecule has 100 valence electrons. The van der Waals surface area contributed by atoms with Gasteiger partial charge in [0.05, 0.1) is 5.56 Å². The average Bonchev–Trinajstić information content (AvgIpc) is 3.10. The first-order valence-corrected chi connectivity index (χ1v) is 6.55. The number of nitrogens with zero attached hydrogens (tertiary/aromatic N) is 2. The molecular formula is C14H16FN3O. The molecule has 5 heteroatoms. The maximum atomic E-state index is 13.9. The molecule has 0 unspecified atom stereocenters. The Morgan fingerprint density at radius 3 is 3.00 bits per heavy atom. The predicted octanol–water partition coefficient (Wildman–Crippen LogP) is 2.48. The van der Waals surface area contributed by atoms with Gasteiger partial charge in [-0.3, -0.25) is 0 Å². The van der Waals surface area contributed by atoms with Crippen LogP contribution in [0.2, 0.25) is 0 Å². The highest BCUT2D eigenvalue weighted by atomic mass is 19.1. The SMILES string of the molecule is Cc1cccc(-c2nnc(CCNC3CC3)o2)c1F. The van der Waals surface area contributed by atoms with E-state index in [4.69, 9.17) is 4.42 Å². The van der Waals surface area contributed by atoms with E-state index in [-0.39, 0.29) is 11.7 Å². The summed E-state index contributed by atoms with van der Waals surface area (Å²) in [4.78, 5) is 0. The van der Waals surface area contributed by atoms with Crippen molar-refractivity contribution >= 4 is 0 Å². The Hall–Kier alpha value is -1.75. The number of aryl methyl sites for hydroxylation is 1. The van der Waals surface area contributed by atoms with Gasteiger partial charge in [0.2, 0.25) is 5.89 Å². The molecule has 1 aliphatic rings. The summed E-state index contributed by atoms with van der Waals surface area (Å²) in [6.07, 6.45) is 3.18. The normalized spacial score (nSPS) is 14.8. The number of nitrogens with one attached hydrogen (secondary N) is 1. The van der Waals surface area contributed by atoms with E-state index in [0.29, 0.717) is 29.5 Å². The van der Waals surface area contributed by atoms with Crippen molar-refractivity contribution in [3.8, 4) is 11.5 Å². The fourth-order valence-corrected chi connectivity index (χ4v) is 1.95. The van der Waals surface area contributed by atoms with Gasteiger partial charge in [-0.05, 0) is 31.4 Å². The number of rotatable bonds is 5. The quantitative estimate of drug-likeness (QED) is 0.898. The van der Waals surface area contributed by atoms with Crippen LogP contribution in [0.5, 0.6) is 0 Å². The summed E-state index contributed by atoms with van der Waals surface area (Å²) in [6.45, 7) is 2.54. The van der Waals surface area contributed by atoms with E-state index in [1.807, 2.05) is 0 Å². The number of halogens is 1. The molecule has 3 rings (SSSR count). The number of hydrogen-bond acceptors (Lipinski definition) is 4. The van der Waals surface area contributed by atoms with Gasteiger partial charge in [0, 0.05) is 19.0 Å². The monoisotopic (exact) mass is 261 g/mol. The van der Waals surface area contributed by atoms with Crippen molar-refractivity contribution in [2.45, 2.75) is 32.2 Å². The topological polar surface area (TPSA) is 51.0 Å². The first kappa shape index (κ1) is 12.3. The van der Waals surface area contributed by atoms with Gasteiger partial charge in [0.1, 0.15) is 5.82 Å². The molecule has 1 fully saturated rings. The lowest BCUT2D eigenvalue weighted by Gasteiger charge is -2.00. The van der Waals surface area contributed by atoms with Crippen LogP contribution in [0.4, 0.5) is 4.39 Å². The van der Waals surface area contributed by atoms with Crippen LogP contribution >= 0.6 is 0 Å². The minimum Gasteiger partial charge on any atom is -0.421 e. The number of hydrogen-bond donors (Lipinski definition) is 1. The first-order chi connectivity index (χ1) is 9.24. The zero-order valence-corrected chi connectivity index (χ0v) is 10.8. The third-order valence-electron chi connectivity index (χ3n) is 3.24. The van der Waals surface area contributed by atoms with E-state index < -0.39 is 0 Å². The van der Waals surface area contributed by atoms with E-state index >= 15 is 0 Å². The van der Waals surface area contributed by atoms with Crippen molar-refractivity contribution in [2.75, 3.05) is 6.54 Å². The highest BCUT2D eigenvalue weighted by Crippen LogP contribution is 2.23. The van der Waals surface area contributed by atoms with Crippen molar-refractivity contribution in [3.63, 3.8) is 0 Å². The summed E-state index contributed by atoms with van der Waals surface area (Å²) in [5.74, 6) is 0.500. The lowest BCUT2D eigenvalue weighted by Crippen LogP contribution is -2.19. The summed E-state index contributed by atoms with van der Waals surface area (Å²) in [5, 5.41) is 11.2. The molecule has 0 radical (unpaired) electrons. The molecule has 19 heavy (non-hydrogen) atoms. The Balaban J connectivity index is 1.70. The van der Waals surface area contributed by atoms with Gasteiger partial charge >= 0.3 is 0 Å². The molecule has 1 saturated carbocycles. The largest absolute Gasteiger partial charge is 0.421 e. The van der Waals surface area contributed by atoms with Crippen LogP contribution in [0, 0.1) is 12.7 Å². The molecule has 1 aromatic carbocycles. The van der Waals surface area contributed by atoms with Crippen LogP contribution in [-0.4, -0.2) is 22.8 Å². The van der Waals surface area contributed by atoms with Gasteiger partial charge in [0.25, 0.3) is 5.89 Å². The van der Waals surface area contributed by atoms with Gasteiger partial charge < -0.3 is 9.73 Å². The Kier molecular flexibility index (Phi) is 3.29. The van der Waals surface area contributed by atoms with Crippen LogP contribution in [0.25, 0.3) is 11.5 Å². The van der Waals surface area contributed by atoms with Crippen LogP contribution in [-0.2, 0) is 6.42 Å². The Labute approximate surface area is 111 Å². The predicted molar refractivity (Wildman–Crippen MR) is 69.2 cm³/mol. The third kappa shape index (κ3) is 2.81. The highest BCUT2D eigenvalue weighted by Gasteiger charge is 2.20. The van der Waals surface area contributed by atoms with Gasteiger partial charge in [-0.25, -0.2) is 4.39 Å². The zero-order chi connectivity index (χ0) is 13.2. The smallest absolute Gasteiger partial charge is 0.250 e. The summed E-state index contributed by atoms with van der Waals surface area (Å²) < 4.78 is 19.4. The summed E-state index contributed by atoms with van der Waals surface area (Å²) in [5.41, 5.74) is 0.946. The molecule has 0 bridgehead atoms. The molecule has 1 aromatic heterocycles. The third-order valence-corrected chi connectivity index (χ3v) is 3.24. The van der Waals surface area contributed by atoms with Crippen molar-refractivity contribution in [2.24, 2.45) is 0 Å². The average molecular weight is 261 g/mol. The Morgan fingerprint density at radius 1 is 1.37 bits per heavy atom. The number of aromatic nitrogens is 2. The lowest BCUT2D eigenvalue weighted by molar-refractivity contribution is 0.490. The maximum Gasteiger partial charge on any atom is 0.250 e. The molecule has 4 nitrogen and oxygen atoms in total. The fourth-order valence-electron chi connectivity index (χ4n) is 1.95. The number of benzene rings is 1. The minimum absolute atomic E-state index is 0.252. The Morgan fingerprint density at radius 2 is 2.21 bits per heavy atom. The van der Waals surface area contributed by atoms with Crippen molar-refractivity contribution in [1.29, 1.82) is 0 Å². The van der Waals surface area contributed by atoms with Crippen molar-refractivity contribution in [1.82, 2.24) is 15.5 Å². The van der Waals surface area contributed by atoms with E-state index in [0.717, 1.165) is 6.54 Å². The van der Waals surface area contributed by atoms with Crippen molar-refractivity contribution < 1.29 is 8.81 Å². The lowest BCUT2D eigenvalue weighted by atomic mass is 10.1. The second-order valence-corrected chi connectivity index (χ2v) is 4.92. The standard InChI is InChI=1S/C14H16FN3O/c1-9-3-2-4-11(13(9)15)14-18-17-12(19-14)7-8-16-10-5-6-10/h2-4,10,16H,5-8H2,1H3. The van der Waals surface area contributed by atoms with Gasteiger partial charge in [-0.2, -0.15) is 0 Å². The van der Waals surface area contributed by atoms with Crippen LogP contribution in [0.15, 0.2) is 22.6 Å². The highest BCUT2D eigenvalue weighted by molar-refractivity contribution is 5.55. The zero-order valence-electron chi connectivity index (χ0n) is 10.8. The summed E-state index contributed by atoms with van der Waals surface area (Å²) >= 11 is 0. The van der Waals surface area contributed by atoms with Crippen LogP contribution < -0.4 is 5.32 Å². The molecule has 0 atom stereocenters. The van der Waals surface area contributed by atoms with E-state index in [9.17, 15) is 4.39 Å². The Bertz CT molecular complexity index is 578. The molecule has 0 spiro atoms. The van der Waals surface area contributed by atoms with Gasteiger partial charge in [0.15, 0.2) is 0 Å². The summed E-state index contributed by atoms with van der Waals surface area (Å²) in [6, 6.07) is 5.82. The molecule has 0 amide bonds. The maximum absolute atomic E-state index is 13.9. The molecular weight excluding hydrogens is 245 g/mol. The van der Waals surface area contributed by atoms with Crippen LogP contribution in [0.3, 0.4) is 0 Å². The minimum atomic E-state index is -0.297. The van der Waals surface area contributed by atoms with E-state index in [1.54, 1.807) is 25.1 Å². The van der Waals surface area contributed by atoms with Gasteiger partial charge in [-0.1, -0.05) is 12.1 Å². The van der Waals surface area contributed by atoms with Crippen molar-refractivity contribution in [3.05, 3.63) is 35.5 Å². The molecule has 1 heterocycles. The second-order valence-electron chi connectivity index (χ2n) is 4.92. The molecule has 0 aliphatic heterocycles.